The van der Waals surface area contributed by atoms with Crippen molar-refractivity contribution in [2.75, 3.05) is 5.32 Å². The first-order valence-corrected chi connectivity index (χ1v) is 8.60. The molecule has 0 aliphatic rings. The predicted octanol–water partition coefficient (Wildman–Crippen LogP) is 2.18. The molecule has 2 aromatic heterocycles. The molecule has 9 heteroatoms. The number of carbonyl (C=O) groups is 4. The van der Waals surface area contributed by atoms with E-state index in [-0.39, 0.29) is 22.0 Å². The predicted molar refractivity (Wildman–Crippen MR) is 96.6 cm³/mol. The number of hydrogen-bond donors (Lipinski definition) is 3. The fraction of sp³-hybridized carbons (Fsp3) is 0.294. The van der Waals surface area contributed by atoms with Crippen molar-refractivity contribution in [1.82, 2.24) is 4.98 Å². The third-order valence-electron chi connectivity index (χ3n) is 3.81. The second-order valence-electron chi connectivity index (χ2n) is 5.75. The van der Waals surface area contributed by atoms with Crippen LogP contribution in [0.5, 0.6) is 0 Å². The number of aromatic amines is 1. The maximum Gasteiger partial charge on any atom is 0.355 e. The minimum Gasteiger partial charge on any atom is -0.448 e. The molecule has 8 nitrogen and oxygen atoms in total. The molecule has 0 aromatic carbocycles. The van der Waals surface area contributed by atoms with Gasteiger partial charge in [-0.15, -0.1) is 11.3 Å². The molecule has 0 saturated heterocycles. The normalized spacial score (nSPS) is 11.7. The molecular formula is C17H19N3O5S. The number of primary amides is 1. The molecule has 138 valence electrons. The highest BCUT2D eigenvalue weighted by molar-refractivity contribution is 7.14. The van der Waals surface area contributed by atoms with E-state index in [0.717, 1.165) is 11.3 Å². The number of carbonyl (C=O) groups excluding carboxylic acids is 4. The maximum atomic E-state index is 12.3. The molecule has 0 aliphatic carbocycles. The third-order valence-corrected chi connectivity index (χ3v) is 4.64. The Morgan fingerprint density at radius 2 is 1.92 bits per heavy atom. The van der Waals surface area contributed by atoms with Crippen LogP contribution >= 0.6 is 11.3 Å². The van der Waals surface area contributed by atoms with Crippen LogP contribution in [0.4, 0.5) is 5.00 Å². The van der Waals surface area contributed by atoms with Crippen molar-refractivity contribution in [3.8, 4) is 0 Å². The van der Waals surface area contributed by atoms with Gasteiger partial charge < -0.3 is 20.8 Å². The van der Waals surface area contributed by atoms with E-state index in [1.54, 1.807) is 19.2 Å². The Morgan fingerprint density at radius 1 is 1.27 bits per heavy atom. The smallest absolute Gasteiger partial charge is 0.355 e. The Hall–Kier alpha value is -2.94. The number of aromatic nitrogens is 1. The van der Waals surface area contributed by atoms with Crippen molar-refractivity contribution in [1.29, 1.82) is 0 Å². The van der Waals surface area contributed by atoms with E-state index < -0.39 is 23.9 Å². The number of esters is 1. The van der Waals surface area contributed by atoms with Gasteiger partial charge in [-0.1, -0.05) is 0 Å². The van der Waals surface area contributed by atoms with Gasteiger partial charge in [0.05, 0.1) is 5.56 Å². The Kier molecular flexibility index (Phi) is 5.61. The highest BCUT2D eigenvalue weighted by Gasteiger charge is 2.25. The zero-order chi connectivity index (χ0) is 19.6. The van der Waals surface area contributed by atoms with Crippen molar-refractivity contribution >= 4 is 39.9 Å². The van der Waals surface area contributed by atoms with Crippen molar-refractivity contribution in [3.63, 3.8) is 0 Å². The number of ketones is 1. The number of nitrogens with one attached hydrogen (secondary N) is 2. The lowest BCUT2D eigenvalue weighted by molar-refractivity contribution is -0.123. The van der Waals surface area contributed by atoms with Crippen LogP contribution in [0.3, 0.4) is 0 Å². The van der Waals surface area contributed by atoms with Crippen molar-refractivity contribution in [3.05, 3.63) is 39.5 Å². The Morgan fingerprint density at radius 3 is 2.46 bits per heavy atom. The summed E-state index contributed by atoms with van der Waals surface area (Å²) in [5, 5.41) is 4.42. The molecule has 2 amide bonds. The van der Waals surface area contributed by atoms with Crippen molar-refractivity contribution < 1.29 is 23.9 Å². The quantitative estimate of drug-likeness (QED) is 0.524. The first-order valence-electron chi connectivity index (χ1n) is 7.72. The van der Waals surface area contributed by atoms with E-state index in [1.807, 2.05) is 0 Å². The number of Topliss-reactive ketones (excluding diaryl/α,β-unsaturated/α-hetero) is 1. The van der Waals surface area contributed by atoms with Gasteiger partial charge in [0.15, 0.2) is 11.9 Å². The molecule has 1 atom stereocenters. The fourth-order valence-electron chi connectivity index (χ4n) is 2.57. The highest BCUT2D eigenvalue weighted by atomic mass is 32.1. The molecule has 0 aliphatic heterocycles. The number of aryl methyl sites for hydroxylation is 1. The summed E-state index contributed by atoms with van der Waals surface area (Å²) in [4.78, 5) is 50.3. The summed E-state index contributed by atoms with van der Waals surface area (Å²) in [6.07, 6.45) is -1.12. The van der Waals surface area contributed by atoms with E-state index in [9.17, 15) is 19.2 Å². The van der Waals surface area contributed by atoms with Crippen molar-refractivity contribution in [2.45, 2.75) is 33.8 Å². The van der Waals surface area contributed by atoms with Crippen LogP contribution < -0.4 is 11.1 Å². The van der Waals surface area contributed by atoms with Gasteiger partial charge in [-0.2, -0.15) is 0 Å². The Bertz CT molecular complexity index is 896. The molecule has 0 unspecified atom stereocenters. The first-order chi connectivity index (χ1) is 12.1. The van der Waals surface area contributed by atoms with Gasteiger partial charge in [0.1, 0.15) is 10.7 Å². The molecule has 0 bridgehead atoms. The topological polar surface area (TPSA) is 131 Å². The molecular weight excluding hydrogens is 358 g/mol. The standard InChI is InChI=1S/C17H19N3O5S/c1-7-12(9(3)21)8(2)19-13(7)17(24)25-10(4)15(23)20-16-11(14(18)22)5-6-26-16/h5-6,10,19H,1-4H3,(H2,18,22)(H,20,23)/t10-/m1/s1. The van der Waals surface area contributed by atoms with E-state index in [4.69, 9.17) is 10.5 Å². The van der Waals surface area contributed by atoms with Gasteiger partial charge >= 0.3 is 5.97 Å². The molecule has 4 N–H and O–H groups in total. The first kappa shape index (κ1) is 19.4. The van der Waals surface area contributed by atoms with Gasteiger partial charge in [0, 0.05) is 11.3 Å². The van der Waals surface area contributed by atoms with E-state index in [2.05, 4.69) is 10.3 Å². The zero-order valence-corrected chi connectivity index (χ0v) is 15.6. The molecule has 2 rings (SSSR count). The van der Waals surface area contributed by atoms with Gasteiger partial charge in [-0.3, -0.25) is 14.4 Å². The second kappa shape index (κ2) is 7.52. The van der Waals surface area contributed by atoms with Crippen molar-refractivity contribution in [2.24, 2.45) is 5.73 Å². The number of ether oxygens (including phenoxy) is 1. The number of rotatable bonds is 6. The number of thiophene rings is 1. The number of nitrogens with two attached hydrogens (primary N) is 1. The van der Waals surface area contributed by atoms with Crippen LogP contribution in [0, 0.1) is 13.8 Å². The minimum atomic E-state index is -1.12. The summed E-state index contributed by atoms with van der Waals surface area (Å²) in [7, 11) is 0. The molecule has 0 radical (unpaired) electrons. The van der Waals surface area contributed by atoms with Crippen LogP contribution in [0.25, 0.3) is 0 Å². The summed E-state index contributed by atoms with van der Waals surface area (Å²) < 4.78 is 5.17. The van der Waals surface area contributed by atoms with Crippen LogP contribution in [-0.2, 0) is 9.53 Å². The molecule has 26 heavy (non-hydrogen) atoms. The zero-order valence-electron chi connectivity index (χ0n) is 14.8. The number of amides is 2. The lowest BCUT2D eigenvalue weighted by Crippen LogP contribution is -2.30. The minimum absolute atomic E-state index is 0.126. The van der Waals surface area contributed by atoms with E-state index >= 15 is 0 Å². The van der Waals surface area contributed by atoms with Gasteiger partial charge in [0.25, 0.3) is 11.8 Å². The van der Waals surface area contributed by atoms with Crippen LogP contribution in [-0.4, -0.2) is 34.7 Å². The number of H-pyrrole nitrogens is 1. The molecule has 0 saturated carbocycles. The fourth-order valence-corrected chi connectivity index (χ4v) is 3.36. The largest absolute Gasteiger partial charge is 0.448 e. The summed E-state index contributed by atoms with van der Waals surface area (Å²) in [5.74, 6) is -2.18. The van der Waals surface area contributed by atoms with Gasteiger partial charge in [0.2, 0.25) is 0 Å². The number of anilines is 1. The van der Waals surface area contributed by atoms with Crippen LogP contribution in [0.15, 0.2) is 11.4 Å². The Labute approximate surface area is 153 Å². The average molecular weight is 377 g/mol. The van der Waals surface area contributed by atoms with E-state index in [0.29, 0.717) is 16.8 Å². The highest BCUT2D eigenvalue weighted by Crippen LogP contribution is 2.23. The summed E-state index contributed by atoms with van der Waals surface area (Å²) in [5.41, 5.74) is 7.00. The van der Waals surface area contributed by atoms with Gasteiger partial charge in [-0.05, 0) is 44.7 Å². The average Bonchev–Trinajstić information content (AvgIpc) is 3.11. The number of hydrogen-bond acceptors (Lipinski definition) is 6. The lowest BCUT2D eigenvalue weighted by Gasteiger charge is -2.13. The third kappa shape index (κ3) is 3.83. The summed E-state index contributed by atoms with van der Waals surface area (Å²) in [6, 6.07) is 1.49. The Balaban J connectivity index is 2.10. The summed E-state index contributed by atoms with van der Waals surface area (Å²) >= 11 is 1.13. The maximum absolute atomic E-state index is 12.3. The lowest BCUT2D eigenvalue weighted by atomic mass is 10.1. The molecule has 0 spiro atoms. The van der Waals surface area contributed by atoms with E-state index in [1.165, 1.54) is 19.9 Å². The van der Waals surface area contributed by atoms with Crippen LogP contribution in [0.2, 0.25) is 0 Å². The van der Waals surface area contributed by atoms with Gasteiger partial charge in [-0.25, -0.2) is 4.79 Å². The molecule has 2 aromatic rings. The SMILES string of the molecule is CC(=O)c1c(C)[nH]c(C(=O)O[C@H](C)C(=O)Nc2sccc2C(N)=O)c1C. The van der Waals surface area contributed by atoms with Crippen LogP contribution in [0.1, 0.15) is 56.3 Å². The molecule has 2 heterocycles. The monoisotopic (exact) mass is 377 g/mol. The summed E-state index contributed by atoms with van der Waals surface area (Å²) in [6.45, 7) is 6.12. The molecule has 0 fully saturated rings. The second-order valence-corrected chi connectivity index (χ2v) is 6.66.